The highest BCUT2D eigenvalue weighted by Gasteiger charge is 2.35. The van der Waals surface area contributed by atoms with Crippen molar-refractivity contribution in [1.29, 1.82) is 0 Å². The molecule has 0 saturated heterocycles. The molecule has 0 saturated carbocycles. The molecule has 0 N–H and O–H groups in total. The number of benzene rings is 5. The van der Waals surface area contributed by atoms with E-state index in [1.165, 1.54) is 0 Å². The first-order chi connectivity index (χ1) is 14.0. The summed E-state index contributed by atoms with van der Waals surface area (Å²) in [5.41, 5.74) is 3.06. The van der Waals surface area contributed by atoms with Gasteiger partial charge in [0.05, 0.1) is 11.1 Å². The lowest BCUT2D eigenvalue weighted by Crippen LogP contribution is -1.97. The number of carbonyl (C=O) groups is 2. The van der Waals surface area contributed by atoms with Crippen molar-refractivity contribution >= 4 is 55.0 Å². The molecule has 5 aromatic carbocycles. The molecule has 3 nitrogen and oxygen atoms in total. The summed E-state index contributed by atoms with van der Waals surface area (Å²) < 4.78 is 5.04. The van der Waals surface area contributed by atoms with E-state index in [0.29, 0.717) is 11.1 Å². The molecule has 3 heteroatoms. The summed E-state index contributed by atoms with van der Waals surface area (Å²) in [6.07, 6.45) is 0. The van der Waals surface area contributed by atoms with Crippen LogP contribution in [0.3, 0.4) is 0 Å². The first-order valence-corrected chi connectivity index (χ1v) is 9.61. The third-order valence-corrected chi connectivity index (χ3v) is 5.99. The summed E-state index contributed by atoms with van der Waals surface area (Å²) in [5, 5.41) is 7.92. The van der Waals surface area contributed by atoms with Gasteiger partial charge in [-0.2, -0.15) is 0 Å². The molecule has 0 atom stereocenters. The third kappa shape index (κ3) is 2.07. The number of hydrogen-bond donors (Lipinski definition) is 0. The highest BCUT2D eigenvalue weighted by atomic mass is 16.6. The van der Waals surface area contributed by atoms with Crippen molar-refractivity contribution in [3.05, 3.63) is 82.9 Å². The summed E-state index contributed by atoms with van der Waals surface area (Å²) >= 11 is 0. The molecule has 138 valence electrons. The van der Waals surface area contributed by atoms with Crippen LogP contribution in [0.5, 0.6) is 0 Å². The molecule has 29 heavy (non-hydrogen) atoms. The normalized spacial score (nSPS) is 13.6. The summed E-state index contributed by atoms with van der Waals surface area (Å²) in [5.74, 6) is -1.12. The van der Waals surface area contributed by atoms with Crippen molar-refractivity contribution in [2.24, 2.45) is 0 Å². The van der Waals surface area contributed by atoms with Crippen LogP contribution in [0.25, 0.3) is 43.1 Å². The largest absolute Gasteiger partial charge is 0.386 e. The van der Waals surface area contributed by atoms with Gasteiger partial charge < -0.3 is 4.74 Å². The van der Waals surface area contributed by atoms with Crippen LogP contribution in [0.4, 0.5) is 0 Å². The van der Waals surface area contributed by atoms with Crippen LogP contribution >= 0.6 is 0 Å². The van der Waals surface area contributed by atoms with Gasteiger partial charge in [0, 0.05) is 0 Å². The SMILES string of the molecule is Cc1ccc2ccc3c4c(c5ccc6ccc(C)cc6c5c3c2c1)C(=O)OC4=O. The Morgan fingerprint density at radius 2 is 0.966 bits per heavy atom. The Hall–Kier alpha value is -3.72. The second-order valence-corrected chi connectivity index (χ2v) is 7.85. The Bertz CT molecular complexity index is 1460. The molecule has 1 aliphatic heterocycles. The van der Waals surface area contributed by atoms with Gasteiger partial charge in [-0.3, -0.25) is 0 Å². The van der Waals surface area contributed by atoms with Crippen molar-refractivity contribution < 1.29 is 14.3 Å². The van der Waals surface area contributed by atoms with Gasteiger partial charge in [0.15, 0.2) is 0 Å². The first kappa shape index (κ1) is 16.3. The van der Waals surface area contributed by atoms with Crippen molar-refractivity contribution in [1.82, 2.24) is 0 Å². The zero-order valence-corrected chi connectivity index (χ0v) is 16.0. The topological polar surface area (TPSA) is 43.4 Å². The molecule has 0 aliphatic carbocycles. The summed E-state index contributed by atoms with van der Waals surface area (Å²) in [4.78, 5) is 25.2. The molecule has 0 bridgehead atoms. The molecular weight excluding hydrogens is 360 g/mol. The van der Waals surface area contributed by atoms with E-state index in [2.05, 4.69) is 50.2 Å². The molecular formula is C26H16O3. The molecule has 0 fully saturated rings. The lowest BCUT2D eigenvalue weighted by Gasteiger charge is -2.14. The third-order valence-electron chi connectivity index (χ3n) is 5.99. The number of esters is 2. The fraction of sp³-hybridized carbons (Fsp3) is 0.0769. The van der Waals surface area contributed by atoms with Crippen LogP contribution in [-0.4, -0.2) is 11.9 Å². The lowest BCUT2D eigenvalue weighted by atomic mass is 9.87. The van der Waals surface area contributed by atoms with Gasteiger partial charge in [0.1, 0.15) is 0 Å². The van der Waals surface area contributed by atoms with Gasteiger partial charge in [0.25, 0.3) is 0 Å². The molecule has 0 spiro atoms. The van der Waals surface area contributed by atoms with Crippen LogP contribution in [0.1, 0.15) is 31.8 Å². The van der Waals surface area contributed by atoms with Gasteiger partial charge >= 0.3 is 11.9 Å². The van der Waals surface area contributed by atoms with E-state index < -0.39 is 11.9 Å². The Balaban J connectivity index is 2.04. The van der Waals surface area contributed by atoms with Crippen molar-refractivity contribution in [3.63, 3.8) is 0 Å². The zero-order valence-electron chi connectivity index (χ0n) is 16.0. The fourth-order valence-electron chi connectivity index (χ4n) is 4.70. The number of hydrogen-bond acceptors (Lipinski definition) is 3. The predicted molar refractivity (Wildman–Crippen MR) is 116 cm³/mol. The van der Waals surface area contributed by atoms with E-state index in [0.717, 1.165) is 54.2 Å². The number of rotatable bonds is 0. The summed E-state index contributed by atoms with van der Waals surface area (Å²) in [6.45, 7) is 4.13. The van der Waals surface area contributed by atoms with Crippen LogP contribution in [-0.2, 0) is 4.74 Å². The standard InChI is InChI=1S/C26H16O3/c1-13-3-5-15-7-9-17-21(19(15)11-13)22-18(24-23(17)25(27)29-26(24)28)10-8-16-6-4-14(2)12-20(16)22/h3-12H,1-2H3. The Morgan fingerprint density at radius 1 is 0.552 bits per heavy atom. The monoisotopic (exact) mass is 376 g/mol. The predicted octanol–water partition coefficient (Wildman–Crippen LogP) is 6.23. The fourth-order valence-corrected chi connectivity index (χ4v) is 4.70. The van der Waals surface area contributed by atoms with Gasteiger partial charge in [0.2, 0.25) is 0 Å². The average Bonchev–Trinajstić information content (AvgIpc) is 3.01. The minimum atomic E-state index is -0.562. The van der Waals surface area contributed by atoms with E-state index in [4.69, 9.17) is 4.74 Å². The maximum atomic E-state index is 12.6. The van der Waals surface area contributed by atoms with Crippen LogP contribution in [0, 0.1) is 13.8 Å². The smallest absolute Gasteiger partial charge is 0.347 e. The van der Waals surface area contributed by atoms with Gasteiger partial charge in [-0.05, 0) is 56.9 Å². The minimum Gasteiger partial charge on any atom is -0.386 e. The molecule has 1 aliphatic rings. The number of ether oxygens (including phenoxy) is 1. The van der Waals surface area contributed by atoms with Crippen molar-refractivity contribution in [3.8, 4) is 0 Å². The lowest BCUT2D eigenvalue weighted by molar-refractivity contribution is 0.0445. The van der Waals surface area contributed by atoms with Gasteiger partial charge in [-0.1, -0.05) is 71.8 Å². The molecule has 0 radical (unpaired) electrons. The Labute approximate surface area is 166 Å². The Kier molecular flexibility index (Phi) is 3.04. The van der Waals surface area contributed by atoms with Crippen molar-refractivity contribution in [2.75, 3.05) is 0 Å². The summed E-state index contributed by atoms with van der Waals surface area (Å²) in [7, 11) is 0. The first-order valence-electron chi connectivity index (χ1n) is 9.61. The van der Waals surface area contributed by atoms with Gasteiger partial charge in [-0.25, -0.2) is 9.59 Å². The highest BCUT2D eigenvalue weighted by molar-refractivity contribution is 6.37. The van der Waals surface area contributed by atoms with Crippen molar-refractivity contribution in [2.45, 2.75) is 13.8 Å². The van der Waals surface area contributed by atoms with Crippen LogP contribution in [0.15, 0.2) is 60.7 Å². The van der Waals surface area contributed by atoms with Crippen LogP contribution < -0.4 is 0 Å². The molecule has 5 aromatic rings. The Morgan fingerprint density at radius 3 is 1.41 bits per heavy atom. The maximum Gasteiger partial charge on any atom is 0.347 e. The molecule has 6 rings (SSSR count). The quantitative estimate of drug-likeness (QED) is 0.183. The van der Waals surface area contributed by atoms with Crippen LogP contribution in [0.2, 0.25) is 0 Å². The minimum absolute atomic E-state index is 0.382. The molecule has 0 aromatic heterocycles. The van der Waals surface area contributed by atoms with E-state index in [-0.39, 0.29) is 0 Å². The second kappa shape index (κ2) is 5.42. The highest BCUT2D eigenvalue weighted by Crippen LogP contribution is 2.43. The van der Waals surface area contributed by atoms with E-state index in [9.17, 15) is 9.59 Å². The number of cyclic esters (lactones) is 2. The molecule has 0 amide bonds. The maximum absolute atomic E-state index is 12.6. The van der Waals surface area contributed by atoms with E-state index in [1.54, 1.807) is 0 Å². The molecule has 0 unspecified atom stereocenters. The van der Waals surface area contributed by atoms with E-state index in [1.807, 2.05) is 24.3 Å². The van der Waals surface area contributed by atoms with Gasteiger partial charge in [-0.15, -0.1) is 0 Å². The number of carbonyl (C=O) groups excluding carboxylic acids is 2. The zero-order chi connectivity index (χ0) is 19.9. The number of aryl methyl sites for hydroxylation is 2. The van der Waals surface area contributed by atoms with E-state index >= 15 is 0 Å². The second-order valence-electron chi connectivity index (χ2n) is 7.85. The number of fused-ring (bicyclic) bond motifs is 10. The summed E-state index contributed by atoms with van der Waals surface area (Å²) in [6, 6.07) is 20.6. The average molecular weight is 376 g/mol. The molecule has 1 heterocycles.